The molecule has 3 aromatic rings. The number of nitriles is 1. The van der Waals surface area contributed by atoms with Crippen LogP contribution >= 0.6 is 0 Å². The Balaban J connectivity index is 1.47. The van der Waals surface area contributed by atoms with E-state index in [2.05, 4.69) is 24.8 Å². The average Bonchev–Trinajstić information content (AvgIpc) is 2.92. The summed E-state index contributed by atoms with van der Waals surface area (Å²) in [5, 5.41) is 8.86. The van der Waals surface area contributed by atoms with Crippen molar-refractivity contribution >= 4 is 17.0 Å². The van der Waals surface area contributed by atoms with E-state index >= 15 is 0 Å². The number of aromatic nitrogens is 5. The van der Waals surface area contributed by atoms with Crippen LogP contribution < -0.4 is 9.64 Å². The van der Waals surface area contributed by atoms with Crippen molar-refractivity contribution in [2.24, 2.45) is 7.05 Å². The fourth-order valence-corrected chi connectivity index (χ4v) is 2.59. The molecule has 0 N–H and O–H groups in total. The lowest BCUT2D eigenvalue weighted by Crippen LogP contribution is -2.54. The van der Waals surface area contributed by atoms with Gasteiger partial charge in [0.2, 0.25) is 0 Å². The van der Waals surface area contributed by atoms with Crippen molar-refractivity contribution in [3.63, 3.8) is 0 Å². The number of anilines is 1. The van der Waals surface area contributed by atoms with E-state index < -0.39 is 0 Å². The van der Waals surface area contributed by atoms with Gasteiger partial charge in [-0.25, -0.2) is 19.9 Å². The molecule has 0 radical (unpaired) electrons. The lowest BCUT2D eigenvalue weighted by atomic mass is 10.1. The van der Waals surface area contributed by atoms with Gasteiger partial charge in [0, 0.05) is 19.3 Å². The fraction of sp³-hybridized carbons (Fsp3) is 0.267. The molecule has 114 valence electrons. The number of nitrogens with zero attached hydrogens (tertiary/aromatic N) is 7. The molecule has 4 heterocycles. The SMILES string of the molecule is Cn1cnc2c(N3CC(Oc4ccnc(C#N)c4)C3)ncnc21. The molecule has 23 heavy (non-hydrogen) atoms. The summed E-state index contributed by atoms with van der Waals surface area (Å²) in [4.78, 5) is 19.0. The highest BCUT2D eigenvalue weighted by atomic mass is 16.5. The molecule has 1 aliphatic rings. The third-order valence-electron chi connectivity index (χ3n) is 3.77. The second kappa shape index (κ2) is 5.21. The van der Waals surface area contributed by atoms with Crippen LogP contribution in [0.4, 0.5) is 5.82 Å². The molecule has 0 atom stereocenters. The second-order valence-electron chi connectivity index (χ2n) is 5.36. The molecule has 0 spiro atoms. The lowest BCUT2D eigenvalue weighted by Gasteiger charge is -2.39. The Hall–Kier alpha value is -3.21. The molecule has 0 aromatic carbocycles. The molecule has 1 saturated heterocycles. The van der Waals surface area contributed by atoms with Gasteiger partial charge in [-0.2, -0.15) is 5.26 Å². The Morgan fingerprint density at radius 1 is 1.26 bits per heavy atom. The quantitative estimate of drug-likeness (QED) is 0.709. The van der Waals surface area contributed by atoms with Crippen LogP contribution in [0.3, 0.4) is 0 Å². The second-order valence-corrected chi connectivity index (χ2v) is 5.36. The third-order valence-corrected chi connectivity index (χ3v) is 3.77. The van der Waals surface area contributed by atoms with Gasteiger partial charge in [-0.15, -0.1) is 0 Å². The van der Waals surface area contributed by atoms with Gasteiger partial charge in [-0.3, -0.25) is 0 Å². The summed E-state index contributed by atoms with van der Waals surface area (Å²) in [6.45, 7) is 1.43. The zero-order valence-electron chi connectivity index (χ0n) is 12.4. The van der Waals surface area contributed by atoms with Gasteiger partial charge in [0.25, 0.3) is 0 Å². The molecule has 1 fully saturated rings. The van der Waals surface area contributed by atoms with Crippen LogP contribution in [0.1, 0.15) is 5.69 Å². The summed E-state index contributed by atoms with van der Waals surface area (Å²) in [7, 11) is 1.91. The maximum absolute atomic E-state index is 8.86. The first-order chi connectivity index (χ1) is 11.2. The molecular weight excluding hydrogens is 294 g/mol. The number of rotatable bonds is 3. The molecule has 0 amide bonds. The highest BCUT2D eigenvalue weighted by Crippen LogP contribution is 2.27. The monoisotopic (exact) mass is 307 g/mol. The van der Waals surface area contributed by atoms with Crippen LogP contribution in [0.25, 0.3) is 11.2 Å². The van der Waals surface area contributed by atoms with E-state index in [-0.39, 0.29) is 6.10 Å². The maximum Gasteiger partial charge on any atom is 0.165 e. The summed E-state index contributed by atoms with van der Waals surface area (Å²) in [5.74, 6) is 1.48. The molecule has 8 heteroatoms. The van der Waals surface area contributed by atoms with Crippen LogP contribution in [0.15, 0.2) is 31.0 Å². The van der Waals surface area contributed by atoms with Gasteiger partial charge >= 0.3 is 0 Å². The van der Waals surface area contributed by atoms with Gasteiger partial charge in [-0.05, 0) is 6.07 Å². The molecule has 3 aromatic heterocycles. The van der Waals surface area contributed by atoms with Crippen molar-refractivity contribution in [1.82, 2.24) is 24.5 Å². The van der Waals surface area contributed by atoms with Crippen LogP contribution in [0.2, 0.25) is 0 Å². The van der Waals surface area contributed by atoms with Crippen molar-refractivity contribution in [3.05, 3.63) is 36.7 Å². The fourth-order valence-electron chi connectivity index (χ4n) is 2.59. The van der Waals surface area contributed by atoms with Gasteiger partial charge in [0.15, 0.2) is 17.0 Å². The number of aryl methyl sites for hydroxylation is 1. The van der Waals surface area contributed by atoms with Crippen molar-refractivity contribution in [2.75, 3.05) is 18.0 Å². The Labute approximate surface area is 132 Å². The van der Waals surface area contributed by atoms with E-state index in [1.165, 1.54) is 0 Å². The van der Waals surface area contributed by atoms with Gasteiger partial charge in [-0.1, -0.05) is 0 Å². The minimum Gasteiger partial charge on any atom is -0.487 e. The summed E-state index contributed by atoms with van der Waals surface area (Å²) in [6.07, 6.45) is 4.91. The molecule has 0 unspecified atom stereocenters. The number of hydrogen-bond donors (Lipinski definition) is 0. The van der Waals surface area contributed by atoms with Crippen LogP contribution in [0.5, 0.6) is 5.75 Å². The predicted molar refractivity (Wildman–Crippen MR) is 81.9 cm³/mol. The molecular formula is C15H13N7O. The highest BCUT2D eigenvalue weighted by Gasteiger charge is 2.31. The van der Waals surface area contributed by atoms with E-state index in [9.17, 15) is 0 Å². The summed E-state index contributed by atoms with van der Waals surface area (Å²) in [6, 6.07) is 5.40. The molecule has 0 bridgehead atoms. The molecule has 0 saturated carbocycles. The van der Waals surface area contributed by atoms with Crippen molar-refractivity contribution in [3.8, 4) is 11.8 Å². The molecule has 4 rings (SSSR count). The van der Waals surface area contributed by atoms with Gasteiger partial charge in [0.05, 0.1) is 19.4 Å². The Kier molecular flexibility index (Phi) is 3.05. The molecule has 1 aliphatic heterocycles. The summed E-state index contributed by atoms with van der Waals surface area (Å²) in [5.41, 5.74) is 1.96. The average molecular weight is 307 g/mol. The first kappa shape index (κ1) is 13.5. The van der Waals surface area contributed by atoms with Gasteiger partial charge < -0.3 is 14.2 Å². The zero-order valence-corrected chi connectivity index (χ0v) is 12.4. The van der Waals surface area contributed by atoms with E-state index in [1.807, 2.05) is 17.7 Å². The number of hydrogen-bond acceptors (Lipinski definition) is 7. The van der Waals surface area contributed by atoms with Crippen LogP contribution in [-0.4, -0.2) is 43.7 Å². The van der Waals surface area contributed by atoms with E-state index in [4.69, 9.17) is 10.00 Å². The normalized spacial score (nSPS) is 14.5. The van der Waals surface area contributed by atoms with Crippen molar-refractivity contribution < 1.29 is 4.74 Å². The summed E-state index contributed by atoms with van der Waals surface area (Å²) < 4.78 is 7.73. The third kappa shape index (κ3) is 2.32. The Morgan fingerprint density at radius 2 is 2.13 bits per heavy atom. The van der Waals surface area contributed by atoms with Gasteiger partial charge in [0.1, 0.15) is 29.9 Å². The van der Waals surface area contributed by atoms with E-state index in [0.717, 1.165) is 17.0 Å². The van der Waals surface area contributed by atoms with E-state index in [1.54, 1.807) is 31.0 Å². The lowest BCUT2D eigenvalue weighted by molar-refractivity contribution is 0.167. The molecule has 8 nitrogen and oxygen atoms in total. The van der Waals surface area contributed by atoms with Crippen LogP contribution in [-0.2, 0) is 7.05 Å². The maximum atomic E-state index is 8.86. The largest absolute Gasteiger partial charge is 0.487 e. The standard InChI is InChI=1S/C15H13N7O/c1-21-9-20-13-14(21)18-8-19-15(13)22-6-12(7-22)23-11-2-3-17-10(4-11)5-16/h2-4,8-9,12H,6-7H2,1H3. The summed E-state index contributed by atoms with van der Waals surface area (Å²) >= 11 is 0. The minimum absolute atomic E-state index is 0.0534. The smallest absolute Gasteiger partial charge is 0.165 e. The molecule has 0 aliphatic carbocycles. The zero-order chi connectivity index (χ0) is 15.8. The Morgan fingerprint density at radius 3 is 2.96 bits per heavy atom. The van der Waals surface area contributed by atoms with Crippen LogP contribution in [0, 0.1) is 11.3 Å². The highest BCUT2D eigenvalue weighted by molar-refractivity contribution is 5.83. The van der Waals surface area contributed by atoms with Crippen molar-refractivity contribution in [1.29, 1.82) is 5.26 Å². The topological polar surface area (TPSA) is 92.8 Å². The van der Waals surface area contributed by atoms with Crippen molar-refractivity contribution in [2.45, 2.75) is 6.10 Å². The number of fused-ring (bicyclic) bond motifs is 1. The first-order valence-electron chi connectivity index (χ1n) is 7.14. The van der Waals surface area contributed by atoms with E-state index in [0.29, 0.717) is 24.5 Å². The first-order valence-corrected chi connectivity index (χ1v) is 7.14. The number of imidazole rings is 1. The Bertz CT molecular complexity index is 908. The number of ether oxygens (including phenoxy) is 1. The predicted octanol–water partition coefficient (Wildman–Crippen LogP) is 0.898. The number of pyridine rings is 1. The minimum atomic E-state index is 0.0534.